The van der Waals surface area contributed by atoms with Crippen LogP contribution in [0.5, 0.6) is 0 Å². The summed E-state index contributed by atoms with van der Waals surface area (Å²) in [6.45, 7) is 2.37. The second kappa shape index (κ2) is 4.05. The first-order valence-corrected chi connectivity index (χ1v) is 6.35. The minimum atomic E-state index is -0.427. The molecule has 0 bridgehead atoms. The zero-order chi connectivity index (χ0) is 13.6. The van der Waals surface area contributed by atoms with Gasteiger partial charge in [-0.15, -0.1) is 0 Å². The molecule has 19 heavy (non-hydrogen) atoms. The predicted molar refractivity (Wildman–Crippen MR) is 78.3 cm³/mol. The Kier molecular flexibility index (Phi) is 2.59. The third-order valence-corrected chi connectivity index (χ3v) is 3.65. The molecule has 0 saturated carbocycles. The minimum absolute atomic E-state index is 0.427. The van der Waals surface area contributed by atoms with Crippen LogP contribution < -0.4 is 9.55 Å². The van der Waals surface area contributed by atoms with Gasteiger partial charge >= 0.3 is 0 Å². The number of fused-ring (bicyclic) bond motifs is 2. The van der Waals surface area contributed by atoms with Crippen molar-refractivity contribution >= 4 is 17.2 Å². The van der Waals surface area contributed by atoms with E-state index in [1.54, 1.807) is 7.05 Å². The molecule has 2 aromatic rings. The first kappa shape index (κ1) is 12.1. The number of hydrogen-bond donors (Lipinski definition) is 0. The highest BCUT2D eigenvalue weighted by Crippen LogP contribution is 2.40. The Bertz CT molecular complexity index is 637. The van der Waals surface area contributed by atoms with Gasteiger partial charge in [0, 0.05) is 24.4 Å². The smallest absolute Gasteiger partial charge is 0.195 e. The number of benzene rings is 1. The number of pyridine rings is 1. The maximum atomic E-state index is 12.9. The van der Waals surface area contributed by atoms with Gasteiger partial charge in [0.1, 0.15) is 6.54 Å². The van der Waals surface area contributed by atoms with Crippen LogP contribution >= 0.6 is 0 Å². The maximum Gasteiger partial charge on any atom is 0.195 e. The summed E-state index contributed by atoms with van der Waals surface area (Å²) in [6, 6.07) is 11.8. The van der Waals surface area contributed by atoms with Gasteiger partial charge in [0.2, 0.25) is 0 Å². The summed E-state index contributed by atoms with van der Waals surface area (Å²) in [4.78, 5) is 6.57. The van der Waals surface area contributed by atoms with E-state index in [2.05, 4.69) is 4.98 Å². The van der Waals surface area contributed by atoms with Crippen LogP contribution in [0.15, 0.2) is 36.4 Å². The summed E-state index contributed by atoms with van der Waals surface area (Å²) in [5.41, 5.74) is 3.74. The van der Waals surface area contributed by atoms with Crippen molar-refractivity contribution in [2.24, 2.45) is 0 Å². The van der Waals surface area contributed by atoms with E-state index in [1.165, 1.54) is 0 Å². The molecule has 3 rings (SSSR count). The summed E-state index contributed by atoms with van der Waals surface area (Å²) in [6.07, 6.45) is 0. The van der Waals surface area contributed by atoms with E-state index in [0.717, 1.165) is 22.8 Å². The quantitative estimate of drug-likeness (QED) is 0.536. The van der Waals surface area contributed by atoms with Gasteiger partial charge in [0.05, 0.1) is 12.7 Å². The van der Waals surface area contributed by atoms with Crippen molar-refractivity contribution in [3.05, 3.63) is 52.9 Å². The number of aromatic nitrogens is 1. The van der Waals surface area contributed by atoms with Crippen molar-refractivity contribution in [1.82, 2.24) is 9.63 Å². The molecule has 0 saturated heterocycles. The topological polar surface area (TPSA) is 39.2 Å². The Balaban J connectivity index is 2.29. The molecule has 1 aliphatic heterocycles. The van der Waals surface area contributed by atoms with Gasteiger partial charge in [-0.1, -0.05) is 18.2 Å². The highest BCUT2D eigenvalue weighted by atomic mass is 16.5. The van der Waals surface area contributed by atoms with Crippen LogP contribution in [-0.4, -0.2) is 19.1 Å². The van der Waals surface area contributed by atoms with Crippen LogP contribution in [-0.2, 0) is 6.54 Å². The number of nitrogens with zero attached hydrogens (tertiary/aromatic N) is 3. The van der Waals surface area contributed by atoms with Gasteiger partial charge in [0.15, 0.2) is 11.5 Å². The van der Waals surface area contributed by atoms with Crippen molar-refractivity contribution in [1.29, 1.82) is 0 Å². The zero-order valence-corrected chi connectivity index (χ0v) is 11.4. The van der Waals surface area contributed by atoms with E-state index in [0.29, 0.717) is 12.2 Å². The molecule has 0 amide bonds. The van der Waals surface area contributed by atoms with Crippen molar-refractivity contribution in [2.45, 2.75) is 13.5 Å². The largest absolute Gasteiger partial charge is 0.627 e. The molecule has 4 heteroatoms. The van der Waals surface area contributed by atoms with E-state index in [1.807, 2.05) is 55.3 Å². The molecule has 98 valence electrons. The third kappa shape index (κ3) is 1.89. The van der Waals surface area contributed by atoms with Crippen LogP contribution in [0, 0.1) is 12.1 Å². The van der Waals surface area contributed by atoms with E-state index < -0.39 is 4.65 Å². The number of anilines is 2. The van der Waals surface area contributed by atoms with Crippen molar-refractivity contribution in [2.75, 3.05) is 19.0 Å². The standard InChI is InChI=1S/C15H17N3O/c1-11-8-9-14-15(16-11)17(2)13-7-5-4-6-12(13)10-18(14,3)19/h4-9H,10H2,1-3H3. The molecule has 1 unspecified atom stereocenters. The third-order valence-electron chi connectivity index (χ3n) is 3.65. The molecule has 2 heterocycles. The van der Waals surface area contributed by atoms with Gasteiger partial charge < -0.3 is 14.8 Å². The Labute approximate surface area is 113 Å². The number of quaternary nitrogens is 1. The fourth-order valence-electron chi connectivity index (χ4n) is 2.65. The summed E-state index contributed by atoms with van der Waals surface area (Å²) >= 11 is 0. The molecule has 1 aliphatic rings. The average Bonchev–Trinajstić information content (AvgIpc) is 2.44. The van der Waals surface area contributed by atoms with E-state index in [-0.39, 0.29) is 0 Å². The van der Waals surface area contributed by atoms with Crippen molar-refractivity contribution in [3.8, 4) is 0 Å². The van der Waals surface area contributed by atoms with Crippen molar-refractivity contribution in [3.63, 3.8) is 0 Å². The lowest BCUT2D eigenvalue weighted by Crippen LogP contribution is -2.37. The summed E-state index contributed by atoms with van der Waals surface area (Å²) in [7, 11) is 3.65. The average molecular weight is 255 g/mol. The summed E-state index contributed by atoms with van der Waals surface area (Å²) in [5, 5.41) is 12.9. The molecular weight excluding hydrogens is 238 g/mol. The second-order valence-corrected chi connectivity index (χ2v) is 5.24. The van der Waals surface area contributed by atoms with Gasteiger partial charge in [-0.25, -0.2) is 4.98 Å². The van der Waals surface area contributed by atoms with Gasteiger partial charge in [-0.05, 0) is 19.1 Å². The number of hydroxylamine groups is 2. The number of rotatable bonds is 0. The van der Waals surface area contributed by atoms with E-state index in [9.17, 15) is 5.21 Å². The lowest BCUT2D eigenvalue weighted by molar-refractivity contribution is 0.443. The summed E-state index contributed by atoms with van der Waals surface area (Å²) in [5.74, 6) is 0.752. The lowest BCUT2D eigenvalue weighted by Gasteiger charge is -2.37. The monoisotopic (exact) mass is 255 g/mol. The van der Waals surface area contributed by atoms with Crippen LogP contribution in [0.1, 0.15) is 11.3 Å². The maximum absolute atomic E-state index is 12.9. The molecule has 4 nitrogen and oxygen atoms in total. The molecule has 0 aliphatic carbocycles. The highest BCUT2D eigenvalue weighted by Gasteiger charge is 2.29. The minimum Gasteiger partial charge on any atom is -0.627 e. The summed E-state index contributed by atoms with van der Waals surface area (Å²) < 4.78 is -0.427. The first-order chi connectivity index (χ1) is 8.99. The highest BCUT2D eigenvalue weighted by molar-refractivity contribution is 5.76. The zero-order valence-electron chi connectivity index (χ0n) is 11.4. The number of hydrogen-bond acceptors (Lipinski definition) is 3. The molecule has 0 radical (unpaired) electrons. The Hall–Kier alpha value is -1.91. The van der Waals surface area contributed by atoms with Crippen LogP contribution in [0.3, 0.4) is 0 Å². The van der Waals surface area contributed by atoms with E-state index >= 15 is 0 Å². The molecule has 0 N–H and O–H groups in total. The SMILES string of the molecule is Cc1ccc2c(n1)N(C)c1ccccc1C[N+]2(C)[O-]. The molecule has 0 spiro atoms. The normalized spacial score (nSPS) is 21.6. The van der Waals surface area contributed by atoms with E-state index in [4.69, 9.17) is 0 Å². The lowest BCUT2D eigenvalue weighted by atomic mass is 10.1. The van der Waals surface area contributed by atoms with Crippen LogP contribution in [0.2, 0.25) is 0 Å². The fraction of sp³-hybridized carbons (Fsp3) is 0.267. The van der Waals surface area contributed by atoms with Crippen LogP contribution in [0.25, 0.3) is 0 Å². The van der Waals surface area contributed by atoms with Gasteiger partial charge in [-0.2, -0.15) is 0 Å². The predicted octanol–water partition coefficient (Wildman–Crippen LogP) is 3.11. The van der Waals surface area contributed by atoms with Gasteiger partial charge in [0.25, 0.3) is 0 Å². The van der Waals surface area contributed by atoms with Crippen molar-refractivity contribution < 1.29 is 0 Å². The van der Waals surface area contributed by atoms with Crippen LogP contribution in [0.4, 0.5) is 17.2 Å². The molecule has 1 aromatic carbocycles. The molecule has 0 fully saturated rings. The van der Waals surface area contributed by atoms with Gasteiger partial charge in [-0.3, -0.25) is 0 Å². The fourth-order valence-corrected chi connectivity index (χ4v) is 2.65. The molecule has 1 aromatic heterocycles. The molecular formula is C15H17N3O. The Morgan fingerprint density at radius 3 is 2.74 bits per heavy atom. The first-order valence-electron chi connectivity index (χ1n) is 6.35. The Morgan fingerprint density at radius 1 is 1.21 bits per heavy atom. The Morgan fingerprint density at radius 2 is 1.95 bits per heavy atom. The second-order valence-electron chi connectivity index (χ2n) is 5.24. The molecule has 1 atom stereocenters. The number of aryl methyl sites for hydroxylation is 1. The number of para-hydroxylation sites is 1.